The zero-order valence-electron chi connectivity index (χ0n) is 20.3. The molecular formula is C29H29N3O5. The highest BCUT2D eigenvalue weighted by atomic mass is 16.5. The van der Waals surface area contributed by atoms with Crippen molar-refractivity contribution in [3.05, 3.63) is 108 Å². The van der Waals surface area contributed by atoms with Gasteiger partial charge in [0.1, 0.15) is 12.1 Å². The molecule has 0 spiro atoms. The summed E-state index contributed by atoms with van der Waals surface area (Å²) in [6, 6.07) is 26.4. The van der Waals surface area contributed by atoms with Crippen molar-refractivity contribution < 1.29 is 23.9 Å². The Morgan fingerprint density at radius 2 is 1.38 bits per heavy atom. The lowest BCUT2D eigenvalue weighted by molar-refractivity contribution is -0.141. The van der Waals surface area contributed by atoms with Crippen LogP contribution >= 0.6 is 0 Å². The number of hydrogen-bond donors (Lipinski definition) is 3. The molecule has 0 saturated carbocycles. The lowest BCUT2D eigenvalue weighted by Gasteiger charge is -2.23. The van der Waals surface area contributed by atoms with E-state index in [2.05, 4.69) is 16.0 Å². The summed E-state index contributed by atoms with van der Waals surface area (Å²) in [6.07, 6.45) is 0.636. The molecule has 8 heteroatoms. The number of amides is 3. The summed E-state index contributed by atoms with van der Waals surface area (Å²) in [5.74, 6) is -2.44. The Kier molecular flexibility index (Phi) is 8.65. The van der Waals surface area contributed by atoms with E-state index in [0.717, 1.165) is 16.7 Å². The van der Waals surface area contributed by atoms with Crippen LogP contribution in [0.3, 0.4) is 0 Å². The van der Waals surface area contributed by atoms with Crippen molar-refractivity contribution >= 4 is 23.7 Å². The molecule has 37 heavy (non-hydrogen) atoms. The molecule has 1 fully saturated rings. The summed E-state index contributed by atoms with van der Waals surface area (Å²) in [6.45, 7) is -0.0735. The Morgan fingerprint density at radius 1 is 0.811 bits per heavy atom. The number of nitrogens with one attached hydrogen (secondary N) is 3. The predicted molar refractivity (Wildman–Crippen MR) is 137 cm³/mol. The maximum atomic E-state index is 13.6. The monoisotopic (exact) mass is 499 g/mol. The van der Waals surface area contributed by atoms with E-state index in [9.17, 15) is 19.2 Å². The molecule has 0 radical (unpaired) electrons. The standard InChI is InChI=1S/C29H29N3O5/c33-25(31-23-16-17-37-29(23)36)19-30-27(34)24(18-20-10-4-1-5-11-20)32-28(35)26(21-12-6-2-7-13-21)22-14-8-3-9-15-22/h1-15,23-24,26H,16-19H2,(H,30,34)(H,31,33)(H,32,35)/t23?,24-/m0/s1. The SMILES string of the molecule is O=C(CNC(=O)[C@H](Cc1ccccc1)NC(=O)C(c1ccccc1)c1ccccc1)NC1CCOC1=O. The Balaban J connectivity index is 1.49. The Hall–Kier alpha value is -4.46. The minimum Gasteiger partial charge on any atom is -0.464 e. The average Bonchev–Trinajstić information content (AvgIpc) is 3.32. The fourth-order valence-corrected chi connectivity index (χ4v) is 4.26. The van der Waals surface area contributed by atoms with Crippen LogP contribution in [-0.4, -0.2) is 48.9 Å². The molecule has 0 bridgehead atoms. The van der Waals surface area contributed by atoms with Gasteiger partial charge in [0.25, 0.3) is 0 Å². The number of esters is 1. The number of cyclic esters (lactones) is 1. The van der Waals surface area contributed by atoms with E-state index in [0.29, 0.717) is 6.42 Å². The lowest BCUT2D eigenvalue weighted by atomic mass is 9.90. The third kappa shape index (κ3) is 7.04. The van der Waals surface area contributed by atoms with Gasteiger partial charge in [0.05, 0.1) is 19.1 Å². The number of ether oxygens (including phenoxy) is 1. The second kappa shape index (κ2) is 12.5. The van der Waals surface area contributed by atoms with Crippen molar-refractivity contribution in [3.8, 4) is 0 Å². The highest BCUT2D eigenvalue weighted by molar-refractivity contribution is 5.94. The summed E-state index contributed by atoms with van der Waals surface area (Å²) in [5, 5.41) is 8.07. The van der Waals surface area contributed by atoms with E-state index in [4.69, 9.17) is 4.74 Å². The quantitative estimate of drug-likeness (QED) is 0.370. The summed E-state index contributed by atoms with van der Waals surface area (Å²) in [5.41, 5.74) is 2.46. The second-order valence-electron chi connectivity index (χ2n) is 8.80. The van der Waals surface area contributed by atoms with Gasteiger partial charge >= 0.3 is 5.97 Å². The molecule has 3 aromatic carbocycles. The molecule has 1 aliphatic heterocycles. The third-order valence-corrected chi connectivity index (χ3v) is 6.14. The summed E-state index contributed by atoms with van der Waals surface area (Å²) >= 11 is 0. The number of rotatable bonds is 10. The molecule has 3 N–H and O–H groups in total. The van der Waals surface area contributed by atoms with Crippen LogP contribution in [0.15, 0.2) is 91.0 Å². The Bertz CT molecular complexity index is 1180. The first-order chi connectivity index (χ1) is 18.0. The van der Waals surface area contributed by atoms with Crippen LogP contribution in [0.5, 0.6) is 0 Å². The molecule has 8 nitrogen and oxygen atoms in total. The van der Waals surface area contributed by atoms with Gasteiger partial charge in [0, 0.05) is 12.8 Å². The van der Waals surface area contributed by atoms with Gasteiger partial charge in [-0.3, -0.25) is 14.4 Å². The Labute approximate surface area is 215 Å². The van der Waals surface area contributed by atoms with Crippen LogP contribution in [-0.2, 0) is 30.3 Å². The third-order valence-electron chi connectivity index (χ3n) is 6.14. The van der Waals surface area contributed by atoms with Crippen LogP contribution in [0.4, 0.5) is 0 Å². The molecule has 3 amide bonds. The van der Waals surface area contributed by atoms with Crippen molar-refractivity contribution in [2.75, 3.05) is 13.2 Å². The fourth-order valence-electron chi connectivity index (χ4n) is 4.26. The van der Waals surface area contributed by atoms with Crippen LogP contribution < -0.4 is 16.0 Å². The minimum absolute atomic E-state index is 0.241. The van der Waals surface area contributed by atoms with Gasteiger partial charge < -0.3 is 20.7 Å². The van der Waals surface area contributed by atoms with E-state index in [1.807, 2.05) is 91.0 Å². The fraction of sp³-hybridized carbons (Fsp3) is 0.241. The van der Waals surface area contributed by atoms with Gasteiger partial charge in [-0.05, 0) is 16.7 Å². The van der Waals surface area contributed by atoms with E-state index in [1.54, 1.807) is 0 Å². The highest BCUT2D eigenvalue weighted by Gasteiger charge is 2.30. The van der Waals surface area contributed by atoms with Gasteiger partial charge in [0.15, 0.2) is 0 Å². The molecule has 1 aliphatic rings. The minimum atomic E-state index is -0.922. The van der Waals surface area contributed by atoms with Crippen molar-refractivity contribution in [1.82, 2.24) is 16.0 Å². The van der Waals surface area contributed by atoms with E-state index < -0.39 is 35.8 Å². The van der Waals surface area contributed by atoms with Gasteiger partial charge in [-0.25, -0.2) is 4.79 Å². The van der Waals surface area contributed by atoms with Crippen LogP contribution in [0.1, 0.15) is 29.0 Å². The topological polar surface area (TPSA) is 114 Å². The molecule has 1 heterocycles. The number of hydrogen-bond acceptors (Lipinski definition) is 5. The van der Waals surface area contributed by atoms with Gasteiger partial charge in [-0.1, -0.05) is 91.0 Å². The maximum Gasteiger partial charge on any atom is 0.328 e. The van der Waals surface area contributed by atoms with Crippen molar-refractivity contribution in [2.24, 2.45) is 0 Å². The van der Waals surface area contributed by atoms with Crippen LogP contribution in [0, 0.1) is 0 Å². The first kappa shape index (κ1) is 25.6. The molecule has 1 unspecified atom stereocenters. The normalized spacial score (nSPS) is 15.5. The molecule has 0 aliphatic carbocycles. The van der Waals surface area contributed by atoms with E-state index >= 15 is 0 Å². The van der Waals surface area contributed by atoms with Crippen molar-refractivity contribution in [3.63, 3.8) is 0 Å². The highest BCUT2D eigenvalue weighted by Crippen LogP contribution is 2.25. The zero-order chi connectivity index (χ0) is 26.0. The summed E-state index contributed by atoms with van der Waals surface area (Å²) in [7, 11) is 0. The Morgan fingerprint density at radius 3 is 1.92 bits per heavy atom. The predicted octanol–water partition coefficient (Wildman–Crippen LogP) is 2.09. The molecular weight excluding hydrogens is 470 g/mol. The number of carbonyl (C=O) groups is 4. The summed E-state index contributed by atoms with van der Waals surface area (Å²) < 4.78 is 4.85. The van der Waals surface area contributed by atoms with Gasteiger partial charge in [0.2, 0.25) is 17.7 Å². The molecule has 2 atom stereocenters. The van der Waals surface area contributed by atoms with Crippen molar-refractivity contribution in [1.29, 1.82) is 0 Å². The molecule has 190 valence electrons. The molecule has 1 saturated heterocycles. The maximum absolute atomic E-state index is 13.6. The molecule has 3 aromatic rings. The van der Waals surface area contributed by atoms with Crippen LogP contribution in [0.2, 0.25) is 0 Å². The smallest absolute Gasteiger partial charge is 0.328 e. The molecule has 0 aromatic heterocycles. The first-order valence-corrected chi connectivity index (χ1v) is 12.2. The largest absolute Gasteiger partial charge is 0.464 e. The molecule has 4 rings (SSSR count). The number of carbonyl (C=O) groups excluding carboxylic acids is 4. The zero-order valence-corrected chi connectivity index (χ0v) is 20.3. The van der Waals surface area contributed by atoms with Gasteiger partial charge in [-0.15, -0.1) is 0 Å². The van der Waals surface area contributed by atoms with Crippen LogP contribution in [0.25, 0.3) is 0 Å². The lowest BCUT2D eigenvalue weighted by Crippen LogP contribution is -2.52. The summed E-state index contributed by atoms with van der Waals surface area (Å²) in [4.78, 5) is 50.7. The second-order valence-corrected chi connectivity index (χ2v) is 8.80. The van der Waals surface area contributed by atoms with E-state index in [-0.39, 0.29) is 25.5 Å². The van der Waals surface area contributed by atoms with Gasteiger partial charge in [-0.2, -0.15) is 0 Å². The average molecular weight is 500 g/mol. The number of benzene rings is 3. The van der Waals surface area contributed by atoms with Crippen molar-refractivity contribution in [2.45, 2.75) is 30.8 Å². The first-order valence-electron chi connectivity index (χ1n) is 12.2. The van der Waals surface area contributed by atoms with E-state index in [1.165, 1.54) is 0 Å².